The first-order chi connectivity index (χ1) is 26.7. The minimum atomic E-state index is -0.807. The van der Waals surface area contributed by atoms with Crippen LogP contribution in [-0.2, 0) is 47.6 Å². The van der Waals surface area contributed by atoms with Gasteiger partial charge in [0, 0.05) is 37.0 Å². The van der Waals surface area contributed by atoms with E-state index in [4.69, 9.17) is 28.4 Å². The molecule has 2 aromatic rings. The molecular weight excluding hydrogens is 720 g/mol. The second kappa shape index (κ2) is 19.8. The van der Waals surface area contributed by atoms with Crippen molar-refractivity contribution in [2.24, 2.45) is 0 Å². The molecule has 2 atom stereocenters. The summed E-state index contributed by atoms with van der Waals surface area (Å²) < 4.78 is 32.5. The van der Waals surface area contributed by atoms with Crippen LogP contribution in [0.25, 0.3) is 0 Å². The van der Waals surface area contributed by atoms with Gasteiger partial charge in [-0.25, -0.2) is 19.2 Å². The van der Waals surface area contributed by atoms with Crippen LogP contribution in [0.5, 0.6) is 0 Å². The van der Waals surface area contributed by atoms with Crippen molar-refractivity contribution >= 4 is 35.3 Å². The van der Waals surface area contributed by atoms with Gasteiger partial charge >= 0.3 is 23.9 Å². The number of carbonyl (C=O) groups is 4. The molecule has 14 nitrogen and oxygen atoms in total. The SMILES string of the molecule is COCCOC(=O)C1=C(C)NC(C)=C(C(=O)OC(C)C)C1c1cccc(NNc2cccc(C3C(C(=O)OCCOC)=C(C)NC(C)=C3C(=O)OC(C)C)c2)c1. The van der Waals surface area contributed by atoms with Gasteiger partial charge in [-0.15, -0.1) is 0 Å². The van der Waals surface area contributed by atoms with Crippen molar-refractivity contribution in [1.29, 1.82) is 0 Å². The molecule has 0 saturated heterocycles. The molecule has 2 aliphatic rings. The van der Waals surface area contributed by atoms with Crippen LogP contribution in [0.15, 0.2) is 93.6 Å². The molecule has 0 amide bonds. The topological polar surface area (TPSA) is 172 Å². The number of methoxy groups -OCH3 is 2. The lowest BCUT2D eigenvalue weighted by atomic mass is 9.80. The molecule has 0 radical (unpaired) electrons. The van der Waals surface area contributed by atoms with E-state index in [1.165, 1.54) is 14.2 Å². The summed E-state index contributed by atoms with van der Waals surface area (Å²) in [5, 5.41) is 6.34. The van der Waals surface area contributed by atoms with E-state index in [1.807, 2.05) is 48.5 Å². The molecule has 2 unspecified atom stereocenters. The number of rotatable bonds is 17. The van der Waals surface area contributed by atoms with Crippen LogP contribution in [0, 0.1) is 0 Å². The normalized spacial score (nSPS) is 17.1. The Kier molecular flexibility index (Phi) is 15.3. The number of hydrogen-bond acceptors (Lipinski definition) is 14. The Bertz CT molecular complexity index is 1790. The molecule has 2 aliphatic heterocycles. The average Bonchev–Trinajstić information content (AvgIpc) is 3.13. The van der Waals surface area contributed by atoms with Crippen molar-refractivity contribution in [3.8, 4) is 0 Å². The quantitative estimate of drug-likeness (QED) is 0.0650. The zero-order valence-corrected chi connectivity index (χ0v) is 33.8. The molecule has 0 aliphatic carbocycles. The van der Waals surface area contributed by atoms with Gasteiger partial charge in [-0.3, -0.25) is 0 Å². The summed E-state index contributed by atoms with van der Waals surface area (Å²) in [6, 6.07) is 14.6. The third kappa shape index (κ3) is 10.6. The second-order valence-corrected chi connectivity index (χ2v) is 13.9. The second-order valence-electron chi connectivity index (χ2n) is 13.9. The number of benzene rings is 2. The first kappa shape index (κ1) is 43.1. The zero-order valence-electron chi connectivity index (χ0n) is 33.8. The predicted octanol–water partition coefficient (Wildman–Crippen LogP) is 5.88. The molecule has 4 N–H and O–H groups in total. The van der Waals surface area contributed by atoms with Crippen LogP contribution in [-0.4, -0.2) is 76.7 Å². The fourth-order valence-corrected chi connectivity index (χ4v) is 6.62. The molecule has 302 valence electrons. The summed E-state index contributed by atoms with van der Waals surface area (Å²) in [7, 11) is 3.03. The highest BCUT2D eigenvalue weighted by atomic mass is 16.6. The minimum Gasteiger partial charge on any atom is -0.460 e. The summed E-state index contributed by atoms with van der Waals surface area (Å²) in [6.07, 6.45) is -0.781. The smallest absolute Gasteiger partial charge is 0.337 e. The maximum atomic E-state index is 13.6. The van der Waals surface area contributed by atoms with E-state index in [2.05, 4.69) is 21.5 Å². The van der Waals surface area contributed by atoms with Crippen molar-refractivity contribution in [2.75, 3.05) is 51.5 Å². The number of esters is 4. The molecule has 0 spiro atoms. The van der Waals surface area contributed by atoms with Gasteiger partial charge in [0.2, 0.25) is 0 Å². The average molecular weight is 775 g/mol. The fraction of sp³-hybridized carbons (Fsp3) is 0.429. The number of dihydropyridines is 2. The monoisotopic (exact) mass is 774 g/mol. The Morgan fingerprint density at radius 3 is 1.21 bits per heavy atom. The fourth-order valence-electron chi connectivity index (χ4n) is 6.62. The molecule has 0 aromatic heterocycles. The first-order valence-electron chi connectivity index (χ1n) is 18.5. The maximum Gasteiger partial charge on any atom is 0.337 e. The van der Waals surface area contributed by atoms with Crippen molar-refractivity contribution in [3.63, 3.8) is 0 Å². The number of allylic oxidation sites excluding steroid dienone is 4. The van der Waals surface area contributed by atoms with E-state index in [-0.39, 0.29) is 48.7 Å². The lowest BCUT2D eigenvalue weighted by Gasteiger charge is -2.31. The van der Waals surface area contributed by atoms with E-state index in [9.17, 15) is 19.2 Å². The highest BCUT2D eigenvalue weighted by molar-refractivity contribution is 6.01. The molecule has 0 saturated carbocycles. The summed E-state index contributed by atoms with van der Waals surface area (Å²) in [5.74, 6) is -3.89. The molecule has 4 rings (SSSR count). The van der Waals surface area contributed by atoms with Gasteiger partial charge in [0.05, 0.1) is 70.9 Å². The Morgan fingerprint density at radius 1 is 0.554 bits per heavy atom. The van der Waals surface area contributed by atoms with Gasteiger partial charge in [-0.05, 0) is 90.8 Å². The molecule has 2 heterocycles. The van der Waals surface area contributed by atoms with Crippen LogP contribution in [0.2, 0.25) is 0 Å². The van der Waals surface area contributed by atoms with E-state index >= 15 is 0 Å². The molecule has 0 fully saturated rings. The van der Waals surface area contributed by atoms with Gasteiger partial charge in [0.25, 0.3) is 0 Å². The van der Waals surface area contributed by atoms with Crippen LogP contribution in [0.1, 0.15) is 78.4 Å². The van der Waals surface area contributed by atoms with Gasteiger partial charge in [-0.2, -0.15) is 0 Å². The molecule has 14 heteroatoms. The van der Waals surface area contributed by atoms with Crippen molar-refractivity contribution in [1.82, 2.24) is 10.6 Å². The van der Waals surface area contributed by atoms with E-state index in [0.717, 1.165) is 0 Å². The summed E-state index contributed by atoms with van der Waals surface area (Å²) in [4.78, 5) is 54.3. The molecule has 56 heavy (non-hydrogen) atoms. The van der Waals surface area contributed by atoms with Crippen LogP contribution >= 0.6 is 0 Å². The van der Waals surface area contributed by atoms with Crippen molar-refractivity contribution in [2.45, 2.75) is 79.4 Å². The predicted molar refractivity (Wildman–Crippen MR) is 211 cm³/mol. The summed E-state index contributed by atoms with van der Waals surface area (Å²) >= 11 is 0. The zero-order chi connectivity index (χ0) is 41.1. The van der Waals surface area contributed by atoms with Crippen LogP contribution < -0.4 is 21.5 Å². The number of carbonyl (C=O) groups excluding carboxylic acids is 4. The summed E-state index contributed by atoms with van der Waals surface area (Å²) in [5.41, 5.74) is 12.3. The summed E-state index contributed by atoms with van der Waals surface area (Å²) in [6.45, 7) is 14.6. The first-order valence-corrected chi connectivity index (χ1v) is 18.5. The van der Waals surface area contributed by atoms with Crippen LogP contribution in [0.3, 0.4) is 0 Å². The Labute approximate surface area is 328 Å². The number of hydrogen-bond donors (Lipinski definition) is 4. The third-order valence-electron chi connectivity index (χ3n) is 8.92. The molecular formula is C42H54N4O10. The number of ether oxygens (including phenoxy) is 6. The lowest BCUT2D eigenvalue weighted by molar-refractivity contribution is -0.144. The van der Waals surface area contributed by atoms with Gasteiger partial charge in [-0.1, -0.05) is 24.3 Å². The van der Waals surface area contributed by atoms with Crippen molar-refractivity contribution < 1.29 is 47.6 Å². The van der Waals surface area contributed by atoms with E-state index < -0.39 is 47.9 Å². The maximum absolute atomic E-state index is 13.6. The van der Waals surface area contributed by atoms with E-state index in [0.29, 0.717) is 45.3 Å². The Morgan fingerprint density at radius 2 is 0.893 bits per heavy atom. The van der Waals surface area contributed by atoms with Gasteiger partial charge in [0.15, 0.2) is 0 Å². The minimum absolute atomic E-state index is 0.0386. The number of anilines is 2. The van der Waals surface area contributed by atoms with Gasteiger partial charge in [0.1, 0.15) is 13.2 Å². The number of hydrazine groups is 1. The molecule has 0 bridgehead atoms. The Hall–Kier alpha value is -5.60. The highest BCUT2D eigenvalue weighted by Crippen LogP contribution is 2.42. The molecule has 2 aromatic carbocycles. The lowest BCUT2D eigenvalue weighted by Crippen LogP contribution is -2.33. The van der Waals surface area contributed by atoms with Gasteiger partial charge < -0.3 is 49.9 Å². The van der Waals surface area contributed by atoms with Crippen LogP contribution in [0.4, 0.5) is 11.4 Å². The Balaban J connectivity index is 1.70. The van der Waals surface area contributed by atoms with Crippen molar-refractivity contribution in [3.05, 3.63) is 105 Å². The van der Waals surface area contributed by atoms with E-state index in [1.54, 1.807) is 55.4 Å². The third-order valence-corrected chi connectivity index (χ3v) is 8.92. The largest absolute Gasteiger partial charge is 0.460 e. The standard InChI is InChI=1S/C42H54N4O10/c1-23(2)55-41(49)35-27(7)43-25(5)33(39(47)53-19-17-51-9)37(35)29-13-11-15-31(21-29)45-46-32-16-12-14-30(22-32)38-34(40(48)54-20-18-52-10)26(6)44-28(8)36(38)42(50)56-24(3)4/h11-16,21-24,37-38,43-46H,17-20H2,1-10H3. The highest BCUT2D eigenvalue weighted by Gasteiger charge is 2.40. The number of nitrogens with one attached hydrogen (secondary N) is 4.